The summed E-state index contributed by atoms with van der Waals surface area (Å²) < 4.78 is 45.3. The summed E-state index contributed by atoms with van der Waals surface area (Å²) in [5.74, 6) is -0.695. The second kappa shape index (κ2) is 11.5. The predicted octanol–water partition coefficient (Wildman–Crippen LogP) is 1.77. The van der Waals surface area contributed by atoms with Gasteiger partial charge in [0.2, 0.25) is 5.95 Å². The summed E-state index contributed by atoms with van der Waals surface area (Å²) in [6.45, 7) is 8.11. The highest BCUT2D eigenvalue weighted by Crippen LogP contribution is 2.42. The van der Waals surface area contributed by atoms with Crippen molar-refractivity contribution in [3.05, 3.63) is 6.33 Å². The van der Waals surface area contributed by atoms with Crippen molar-refractivity contribution in [2.24, 2.45) is 0 Å². The standard InChI is InChI=1S/C20H32ClFN7O6P/c1-9(2)25-15-13-16(27-19(23)26-15)29(8-24-13)17-12(22)14(30)20(6-21,35-17)7-33-36(32)28-11(5)18(31)34-10(3)4/h8-12,14,17,30,36H,6-7H2,1-5H3,(H,28,32)(H3,23,25,26,27)/t11-,12-,14-,17+,20+/m0/s1. The molecule has 1 unspecified atom stereocenters. The minimum atomic E-state index is -3.01. The topological polar surface area (TPSA) is 176 Å². The minimum absolute atomic E-state index is 0.0128. The molecule has 0 aromatic carbocycles. The largest absolute Gasteiger partial charge is 0.462 e. The van der Waals surface area contributed by atoms with Gasteiger partial charge < -0.3 is 30.2 Å². The van der Waals surface area contributed by atoms with E-state index < -0.39 is 50.9 Å². The van der Waals surface area contributed by atoms with Crippen LogP contribution >= 0.6 is 19.8 Å². The highest BCUT2D eigenvalue weighted by atomic mass is 35.5. The van der Waals surface area contributed by atoms with Crippen molar-refractivity contribution in [1.29, 1.82) is 0 Å². The fourth-order valence-electron chi connectivity index (χ4n) is 3.59. The molecule has 0 spiro atoms. The van der Waals surface area contributed by atoms with Crippen molar-refractivity contribution in [1.82, 2.24) is 24.6 Å². The zero-order chi connectivity index (χ0) is 26.8. The maximum absolute atomic E-state index is 15.4. The number of ether oxygens (including phenoxy) is 2. The van der Waals surface area contributed by atoms with Crippen molar-refractivity contribution in [2.45, 2.75) is 76.9 Å². The van der Waals surface area contributed by atoms with Crippen LogP contribution < -0.4 is 16.1 Å². The van der Waals surface area contributed by atoms with Gasteiger partial charge in [-0.2, -0.15) is 9.97 Å². The lowest BCUT2D eigenvalue weighted by atomic mass is 9.99. The van der Waals surface area contributed by atoms with E-state index in [-0.39, 0.29) is 29.6 Å². The van der Waals surface area contributed by atoms with E-state index in [4.69, 9.17) is 31.3 Å². The number of nitrogens with two attached hydrogens (primary N) is 1. The number of aromatic nitrogens is 4. The molecule has 0 saturated carbocycles. The number of carbonyl (C=O) groups is 1. The molecule has 1 fully saturated rings. The molecule has 0 bridgehead atoms. The van der Waals surface area contributed by atoms with E-state index in [0.29, 0.717) is 11.3 Å². The van der Waals surface area contributed by atoms with Gasteiger partial charge in [0.05, 0.1) is 24.9 Å². The monoisotopic (exact) mass is 551 g/mol. The number of fused-ring (bicyclic) bond motifs is 1. The molecule has 0 radical (unpaired) electrons. The Hall–Kier alpha value is -2.09. The van der Waals surface area contributed by atoms with Gasteiger partial charge in [0.25, 0.3) is 8.18 Å². The van der Waals surface area contributed by atoms with Crippen molar-refractivity contribution in [3.8, 4) is 0 Å². The Morgan fingerprint density at radius 1 is 1.39 bits per heavy atom. The second-order valence-corrected chi connectivity index (χ2v) is 10.5. The number of hydrogen-bond donors (Lipinski definition) is 4. The average Bonchev–Trinajstić information content (AvgIpc) is 3.31. The Kier molecular flexibility index (Phi) is 9.12. The number of nitrogens with zero attached hydrogens (tertiary/aromatic N) is 4. The van der Waals surface area contributed by atoms with Crippen LogP contribution in [0.2, 0.25) is 0 Å². The molecule has 2 aromatic rings. The molecule has 1 aliphatic rings. The number of aliphatic hydroxyl groups is 1. The summed E-state index contributed by atoms with van der Waals surface area (Å²) in [5.41, 5.74) is 4.61. The Bertz CT molecular complexity index is 1110. The fraction of sp³-hybridized carbons (Fsp3) is 0.700. The fourth-order valence-corrected chi connectivity index (χ4v) is 4.82. The lowest BCUT2D eigenvalue weighted by Crippen LogP contribution is -2.47. The second-order valence-electron chi connectivity index (χ2n) is 9.08. The number of imidazole rings is 1. The first-order chi connectivity index (χ1) is 16.9. The molecule has 13 nitrogen and oxygen atoms in total. The van der Waals surface area contributed by atoms with E-state index in [0.717, 1.165) is 0 Å². The SMILES string of the molecule is CC(C)Nc1nc(N)nc2c1ncn2[C@@H]1O[C@](CCl)(CO[PH](=O)N[C@@H](C)C(=O)OC(C)C)[C@@H](O)[C@@H]1F. The molecule has 0 aliphatic carbocycles. The van der Waals surface area contributed by atoms with E-state index in [9.17, 15) is 14.5 Å². The smallest absolute Gasteiger partial charge is 0.323 e. The molecule has 202 valence electrons. The van der Waals surface area contributed by atoms with Crippen LogP contribution in [0.5, 0.6) is 0 Å². The normalized spacial score (nSPS) is 26.0. The molecule has 1 saturated heterocycles. The number of anilines is 2. The number of carbonyl (C=O) groups excluding carboxylic acids is 1. The van der Waals surface area contributed by atoms with Gasteiger partial charge in [-0.15, -0.1) is 11.6 Å². The van der Waals surface area contributed by atoms with Gasteiger partial charge in [-0.3, -0.25) is 13.9 Å². The number of aliphatic hydroxyl groups excluding tert-OH is 1. The van der Waals surface area contributed by atoms with Gasteiger partial charge in [0.1, 0.15) is 17.7 Å². The third-order valence-electron chi connectivity index (χ3n) is 5.32. The molecule has 0 amide bonds. The molecule has 5 N–H and O–H groups in total. The molecule has 6 atom stereocenters. The average molecular weight is 552 g/mol. The van der Waals surface area contributed by atoms with E-state index in [1.54, 1.807) is 13.8 Å². The summed E-state index contributed by atoms with van der Waals surface area (Å²) >= 11 is 6.08. The Labute approximate surface area is 213 Å². The van der Waals surface area contributed by atoms with Crippen LogP contribution in [0.4, 0.5) is 16.2 Å². The van der Waals surface area contributed by atoms with Crippen LogP contribution in [0.25, 0.3) is 11.2 Å². The van der Waals surface area contributed by atoms with Crippen LogP contribution in [0.1, 0.15) is 40.8 Å². The number of alkyl halides is 2. The van der Waals surface area contributed by atoms with Gasteiger partial charge in [0.15, 0.2) is 29.4 Å². The molecule has 2 aromatic heterocycles. The van der Waals surface area contributed by atoms with Crippen LogP contribution in [-0.2, 0) is 23.4 Å². The summed E-state index contributed by atoms with van der Waals surface area (Å²) in [6, 6.07) is -0.906. The Balaban J connectivity index is 1.78. The van der Waals surface area contributed by atoms with Crippen LogP contribution in [0, 0.1) is 0 Å². The third-order valence-corrected chi connectivity index (χ3v) is 6.85. The van der Waals surface area contributed by atoms with Gasteiger partial charge in [0, 0.05) is 6.04 Å². The Morgan fingerprint density at radius 2 is 2.08 bits per heavy atom. The number of halogens is 2. The summed E-state index contributed by atoms with van der Waals surface area (Å²) in [4.78, 5) is 24.5. The lowest BCUT2D eigenvalue weighted by Gasteiger charge is -2.29. The van der Waals surface area contributed by atoms with Gasteiger partial charge in [-0.1, -0.05) is 0 Å². The molecular formula is C20H32ClFN7O6P. The van der Waals surface area contributed by atoms with Crippen molar-refractivity contribution in [3.63, 3.8) is 0 Å². The van der Waals surface area contributed by atoms with E-state index in [1.165, 1.54) is 17.8 Å². The maximum atomic E-state index is 15.4. The van der Waals surface area contributed by atoms with Crippen LogP contribution in [-0.4, -0.2) is 79.1 Å². The molecule has 1 aliphatic heterocycles. The number of nitrogens with one attached hydrogen (secondary N) is 2. The summed E-state index contributed by atoms with van der Waals surface area (Å²) in [7, 11) is -3.01. The van der Waals surface area contributed by atoms with E-state index in [1.807, 2.05) is 13.8 Å². The van der Waals surface area contributed by atoms with E-state index in [2.05, 4.69) is 25.4 Å². The highest BCUT2D eigenvalue weighted by Gasteiger charge is 2.56. The Morgan fingerprint density at radius 3 is 2.69 bits per heavy atom. The van der Waals surface area contributed by atoms with Crippen molar-refractivity contribution >= 4 is 48.7 Å². The number of esters is 1. The van der Waals surface area contributed by atoms with Gasteiger partial charge >= 0.3 is 5.97 Å². The highest BCUT2D eigenvalue weighted by molar-refractivity contribution is 7.36. The molecular weight excluding hydrogens is 520 g/mol. The molecule has 36 heavy (non-hydrogen) atoms. The summed E-state index contributed by atoms with van der Waals surface area (Å²) in [6.07, 6.45) is -4.13. The van der Waals surface area contributed by atoms with Gasteiger partial charge in [-0.05, 0) is 34.6 Å². The lowest BCUT2D eigenvalue weighted by molar-refractivity contribution is -0.149. The minimum Gasteiger partial charge on any atom is -0.462 e. The molecule has 16 heteroatoms. The van der Waals surface area contributed by atoms with Crippen molar-refractivity contribution < 1.29 is 32.9 Å². The number of nitrogen functional groups attached to an aromatic ring is 1. The molecule has 3 rings (SSSR count). The van der Waals surface area contributed by atoms with Crippen LogP contribution in [0.3, 0.4) is 0 Å². The van der Waals surface area contributed by atoms with E-state index >= 15 is 4.39 Å². The first-order valence-electron chi connectivity index (χ1n) is 11.3. The van der Waals surface area contributed by atoms with Gasteiger partial charge in [-0.25, -0.2) is 14.5 Å². The zero-order valence-corrected chi connectivity index (χ0v) is 22.3. The quantitative estimate of drug-likeness (QED) is 0.181. The summed E-state index contributed by atoms with van der Waals surface area (Å²) in [5, 5.41) is 16.3. The first kappa shape index (κ1) is 28.5. The van der Waals surface area contributed by atoms with Crippen molar-refractivity contribution in [2.75, 3.05) is 23.5 Å². The number of hydrogen-bond acceptors (Lipinski definition) is 11. The zero-order valence-electron chi connectivity index (χ0n) is 20.6. The van der Waals surface area contributed by atoms with Crippen LogP contribution in [0.15, 0.2) is 6.33 Å². The first-order valence-corrected chi connectivity index (χ1v) is 13.2. The molecule has 3 heterocycles. The number of rotatable bonds is 11. The third kappa shape index (κ3) is 6.06. The maximum Gasteiger partial charge on any atom is 0.323 e. The predicted molar refractivity (Wildman–Crippen MR) is 132 cm³/mol.